The summed E-state index contributed by atoms with van der Waals surface area (Å²) < 4.78 is 42.6. The topological polar surface area (TPSA) is 47.3 Å². The molecular weight excluding hydrogens is 245 g/mol. The van der Waals surface area contributed by atoms with Gasteiger partial charge in [-0.05, 0) is 18.2 Å². The van der Waals surface area contributed by atoms with Gasteiger partial charge in [-0.1, -0.05) is 6.07 Å². The summed E-state index contributed by atoms with van der Waals surface area (Å²) in [5, 5.41) is 2.99. The maximum absolute atomic E-state index is 12.5. The molecule has 0 amide bonds. The molecule has 0 radical (unpaired) electrons. The summed E-state index contributed by atoms with van der Waals surface area (Å²) in [7, 11) is 0. The predicted molar refractivity (Wildman–Crippen MR) is 62.2 cm³/mol. The molecule has 0 saturated carbocycles. The molecule has 1 fully saturated rings. The number of anilines is 1. The Bertz CT molecular complexity index is 411. The van der Waals surface area contributed by atoms with E-state index >= 15 is 0 Å². The Morgan fingerprint density at radius 2 is 2.06 bits per heavy atom. The summed E-state index contributed by atoms with van der Waals surface area (Å²) in [6, 6.07) is 5.15. The van der Waals surface area contributed by atoms with E-state index < -0.39 is 11.7 Å². The smallest absolute Gasteiger partial charge is 0.384 e. The Kier molecular flexibility index (Phi) is 3.49. The molecule has 1 saturated heterocycles. The molecule has 1 aromatic rings. The molecule has 2 rings (SSSR count). The second kappa shape index (κ2) is 4.78. The van der Waals surface area contributed by atoms with Crippen LogP contribution in [-0.2, 0) is 10.9 Å². The molecular formula is C12H15F3N2O. The third-order valence-corrected chi connectivity index (χ3v) is 3.11. The Labute approximate surface area is 103 Å². The fourth-order valence-corrected chi connectivity index (χ4v) is 1.78. The SMILES string of the molecule is NCC1(CNc2cccc(C(F)(F)F)c2)COC1. The van der Waals surface area contributed by atoms with Crippen LogP contribution in [0, 0.1) is 5.41 Å². The van der Waals surface area contributed by atoms with Crippen molar-refractivity contribution in [2.24, 2.45) is 11.1 Å². The third-order valence-electron chi connectivity index (χ3n) is 3.11. The zero-order valence-corrected chi connectivity index (χ0v) is 9.76. The van der Waals surface area contributed by atoms with Crippen molar-refractivity contribution in [2.45, 2.75) is 6.18 Å². The van der Waals surface area contributed by atoms with Crippen LogP contribution in [0.2, 0.25) is 0 Å². The lowest BCUT2D eigenvalue weighted by atomic mass is 9.86. The number of ether oxygens (including phenoxy) is 1. The van der Waals surface area contributed by atoms with Crippen molar-refractivity contribution >= 4 is 5.69 Å². The number of halogens is 3. The van der Waals surface area contributed by atoms with Crippen molar-refractivity contribution in [3.05, 3.63) is 29.8 Å². The Morgan fingerprint density at radius 3 is 2.56 bits per heavy atom. The van der Waals surface area contributed by atoms with E-state index in [4.69, 9.17) is 10.5 Å². The highest BCUT2D eigenvalue weighted by Crippen LogP contribution is 2.31. The van der Waals surface area contributed by atoms with Crippen LogP contribution in [-0.4, -0.2) is 26.3 Å². The molecule has 100 valence electrons. The quantitative estimate of drug-likeness (QED) is 0.871. The molecule has 0 bridgehead atoms. The summed E-state index contributed by atoms with van der Waals surface area (Å²) in [5.74, 6) is 0. The number of nitrogens with one attached hydrogen (secondary N) is 1. The Morgan fingerprint density at radius 1 is 1.33 bits per heavy atom. The molecule has 0 aliphatic carbocycles. The van der Waals surface area contributed by atoms with E-state index in [1.54, 1.807) is 6.07 Å². The van der Waals surface area contributed by atoms with Gasteiger partial charge in [-0.25, -0.2) is 0 Å². The molecule has 0 unspecified atom stereocenters. The summed E-state index contributed by atoms with van der Waals surface area (Å²) in [5.41, 5.74) is 5.28. The van der Waals surface area contributed by atoms with Gasteiger partial charge < -0.3 is 15.8 Å². The minimum atomic E-state index is -4.32. The summed E-state index contributed by atoms with van der Waals surface area (Å²) >= 11 is 0. The molecule has 0 aromatic heterocycles. The molecule has 6 heteroatoms. The lowest BCUT2D eigenvalue weighted by Gasteiger charge is -2.40. The predicted octanol–water partition coefficient (Wildman–Crippen LogP) is 2.09. The second-order valence-electron chi connectivity index (χ2n) is 4.63. The average molecular weight is 260 g/mol. The first kappa shape index (κ1) is 13.2. The fourth-order valence-electron chi connectivity index (χ4n) is 1.78. The van der Waals surface area contributed by atoms with E-state index in [9.17, 15) is 13.2 Å². The lowest BCUT2D eigenvalue weighted by Crippen LogP contribution is -2.52. The Hall–Kier alpha value is -1.27. The molecule has 0 spiro atoms. The number of benzene rings is 1. The number of nitrogens with two attached hydrogens (primary N) is 1. The first-order valence-electron chi connectivity index (χ1n) is 5.64. The van der Waals surface area contributed by atoms with Crippen molar-refractivity contribution in [1.82, 2.24) is 0 Å². The van der Waals surface area contributed by atoms with Crippen molar-refractivity contribution in [3.8, 4) is 0 Å². The van der Waals surface area contributed by atoms with Crippen LogP contribution in [0.5, 0.6) is 0 Å². The van der Waals surface area contributed by atoms with Gasteiger partial charge in [-0.3, -0.25) is 0 Å². The van der Waals surface area contributed by atoms with Gasteiger partial charge in [0.05, 0.1) is 18.8 Å². The van der Waals surface area contributed by atoms with Gasteiger partial charge in [-0.15, -0.1) is 0 Å². The summed E-state index contributed by atoms with van der Waals surface area (Å²) in [6.07, 6.45) is -4.32. The van der Waals surface area contributed by atoms with Gasteiger partial charge in [0.15, 0.2) is 0 Å². The molecule has 0 atom stereocenters. The van der Waals surface area contributed by atoms with Crippen molar-refractivity contribution in [3.63, 3.8) is 0 Å². The largest absolute Gasteiger partial charge is 0.416 e. The highest BCUT2D eigenvalue weighted by atomic mass is 19.4. The van der Waals surface area contributed by atoms with Crippen molar-refractivity contribution < 1.29 is 17.9 Å². The van der Waals surface area contributed by atoms with E-state index in [2.05, 4.69) is 5.32 Å². The second-order valence-corrected chi connectivity index (χ2v) is 4.63. The number of hydrogen-bond donors (Lipinski definition) is 2. The lowest BCUT2D eigenvalue weighted by molar-refractivity contribution is -0.137. The molecule has 3 nitrogen and oxygen atoms in total. The molecule has 18 heavy (non-hydrogen) atoms. The van der Waals surface area contributed by atoms with Crippen LogP contribution in [0.4, 0.5) is 18.9 Å². The van der Waals surface area contributed by atoms with Gasteiger partial charge in [0.2, 0.25) is 0 Å². The molecule has 1 aliphatic rings. The first-order valence-corrected chi connectivity index (χ1v) is 5.64. The van der Waals surface area contributed by atoms with Gasteiger partial charge in [-0.2, -0.15) is 13.2 Å². The molecule has 1 heterocycles. The van der Waals surface area contributed by atoms with E-state index in [1.807, 2.05) is 0 Å². The zero-order chi connectivity index (χ0) is 13.2. The van der Waals surface area contributed by atoms with Crippen LogP contribution in [0.1, 0.15) is 5.56 Å². The van der Waals surface area contributed by atoms with E-state index in [-0.39, 0.29) is 5.41 Å². The van der Waals surface area contributed by atoms with Crippen LogP contribution >= 0.6 is 0 Å². The normalized spacial score (nSPS) is 18.2. The highest BCUT2D eigenvalue weighted by molar-refractivity contribution is 5.46. The number of hydrogen-bond acceptors (Lipinski definition) is 3. The molecule has 1 aromatic carbocycles. The summed E-state index contributed by atoms with van der Waals surface area (Å²) in [4.78, 5) is 0. The monoisotopic (exact) mass is 260 g/mol. The standard InChI is InChI=1S/C12H15F3N2O/c13-12(14,15)9-2-1-3-10(4-9)17-6-11(5-16)7-18-8-11/h1-4,17H,5-8,16H2. The van der Waals surface area contributed by atoms with Gasteiger partial charge in [0.25, 0.3) is 0 Å². The van der Waals surface area contributed by atoms with Gasteiger partial charge in [0.1, 0.15) is 0 Å². The first-order chi connectivity index (χ1) is 8.45. The minimum Gasteiger partial charge on any atom is -0.384 e. The highest BCUT2D eigenvalue weighted by Gasteiger charge is 2.37. The van der Waals surface area contributed by atoms with Crippen LogP contribution in [0.15, 0.2) is 24.3 Å². The average Bonchev–Trinajstić information content (AvgIpc) is 2.27. The number of rotatable bonds is 4. The summed E-state index contributed by atoms with van der Waals surface area (Å²) in [6.45, 7) is 2.08. The minimum absolute atomic E-state index is 0.145. The van der Waals surface area contributed by atoms with E-state index in [1.165, 1.54) is 6.07 Å². The fraction of sp³-hybridized carbons (Fsp3) is 0.500. The van der Waals surface area contributed by atoms with Crippen LogP contribution < -0.4 is 11.1 Å². The van der Waals surface area contributed by atoms with Crippen LogP contribution in [0.3, 0.4) is 0 Å². The van der Waals surface area contributed by atoms with Crippen molar-refractivity contribution in [1.29, 1.82) is 0 Å². The molecule has 3 N–H and O–H groups in total. The molecule has 1 aliphatic heterocycles. The van der Waals surface area contributed by atoms with E-state index in [0.717, 1.165) is 12.1 Å². The third kappa shape index (κ3) is 2.76. The maximum Gasteiger partial charge on any atom is 0.416 e. The Balaban J connectivity index is 2.01. The zero-order valence-electron chi connectivity index (χ0n) is 9.76. The van der Waals surface area contributed by atoms with Crippen molar-refractivity contribution in [2.75, 3.05) is 31.6 Å². The number of alkyl halides is 3. The maximum atomic E-state index is 12.5. The van der Waals surface area contributed by atoms with Gasteiger partial charge in [0, 0.05) is 24.2 Å². The van der Waals surface area contributed by atoms with Gasteiger partial charge >= 0.3 is 6.18 Å². The van der Waals surface area contributed by atoms with E-state index in [0.29, 0.717) is 32.0 Å². The van der Waals surface area contributed by atoms with Crippen LogP contribution in [0.25, 0.3) is 0 Å².